The fraction of sp³-hybridized carbons (Fsp3) is 0.604. The molecule has 0 fully saturated rings. The Kier molecular flexibility index (Phi) is 39.2. The molecule has 0 aliphatic rings. The van der Waals surface area contributed by atoms with Gasteiger partial charge in [-0.25, -0.2) is 4.57 Å². The summed E-state index contributed by atoms with van der Waals surface area (Å²) in [6.45, 7) is 2.38. The van der Waals surface area contributed by atoms with E-state index in [1.54, 1.807) is 0 Å². The molecule has 12 nitrogen and oxygen atoms in total. The molecule has 0 aliphatic heterocycles. The predicted molar refractivity (Wildman–Crippen MR) is 246 cm³/mol. The van der Waals surface area contributed by atoms with Gasteiger partial charge in [-0.15, -0.1) is 0 Å². The van der Waals surface area contributed by atoms with Gasteiger partial charge in [0.1, 0.15) is 12.6 Å². The van der Waals surface area contributed by atoms with Crippen molar-refractivity contribution in [3.8, 4) is 0 Å². The molecule has 0 aliphatic carbocycles. The molecule has 0 rings (SSSR count). The highest BCUT2D eigenvalue weighted by Gasteiger charge is 2.28. The molecule has 0 amide bonds. The number of phosphoric acid groups is 1. The van der Waals surface area contributed by atoms with Crippen molar-refractivity contribution in [1.29, 1.82) is 0 Å². The maximum absolute atomic E-state index is 12.6. The maximum Gasteiger partial charge on any atom is 0.472 e. The van der Waals surface area contributed by atoms with Crippen molar-refractivity contribution < 1.29 is 52.6 Å². The number of rotatable bonds is 40. The summed E-state index contributed by atoms with van der Waals surface area (Å²) in [6, 6.07) is -1.55. The molecule has 4 atom stereocenters. The number of carboxylic acids is 1. The van der Waals surface area contributed by atoms with Crippen LogP contribution in [0.25, 0.3) is 0 Å². The van der Waals surface area contributed by atoms with Crippen molar-refractivity contribution >= 4 is 25.7 Å². The predicted octanol–water partition coefficient (Wildman–Crippen LogP) is 11.0. The van der Waals surface area contributed by atoms with Crippen LogP contribution >= 0.6 is 7.82 Å². The Morgan fingerprint density at radius 3 is 1.51 bits per heavy atom. The van der Waals surface area contributed by atoms with Gasteiger partial charge in [-0.3, -0.25) is 23.4 Å². The summed E-state index contributed by atoms with van der Waals surface area (Å²) in [5, 5.41) is 18.5. The fourth-order valence-corrected chi connectivity index (χ4v) is 6.03. The number of esters is 2. The second kappa shape index (κ2) is 41.7. The topological polar surface area (TPSA) is 192 Å². The minimum absolute atomic E-state index is 0.0991. The summed E-state index contributed by atoms with van der Waals surface area (Å²) in [5.41, 5.74) is 5.33. The molecule has 0 spiro atoms. The standard InChI is InChI=1S/C48H78NO11P/c1-3-5-6-7-8-9-10-11-12-13-14-15-16-21-24-27-30-33-36-39-47(52)60-44(41-58-61(55,56)59-42-45(49)48(53)54)40-57-46(51)38-35-32-29-26-23-20-18-17-19-22-25-28-31-34-37-43(50)4-2/h8-9,11-12,14-15,18-22,24,26,28-29,31,43-45,50H,3-7,10,13,16-17,23,25,27,30,32-42,49H2,1-2H3,(H,53,54)(H,55,56)/b9-8-,12-11-,15-14-,20-18-,22-19-,24-21-,29-26-,31-28-/t43-,44+,45-/m0/s1. The molecule has 13 heteroatoms. The lowest BCUT2D eigenvalue weighted by molar-refractivity contribution is -0.161. The minimum Gasteiger partial charge on any atom is -0.480 e. The normalized spacial score (nSPS) is 15.1. The first-order valence-corrected chi connectivity index (χ1v) is 23.8. The molecule has 0 saturated carbocycles. The van der Waals surface area contributed by atoms with Gasteiger partial charge in [0, 0.05) is 12.8 Å². The summed E-state index contributed by atoms with van der Waals surface area (Å²) in [4.78, 5) is 46.0. The summed E-state index contributed by atoms with van der Waals surface area (Å²) in [7, 11) is -4.75. The lowest BCUT2D eigenvalue weighted by atomic mass is 10.1. The number of hydrogen-bond donors (Lipinski definition) is 4. The number of nitrogens with two attached hydrogens (primary N) is 1. The second-order valence-corrected chi connectivity index (χ2v) is 16.1. The van der Waals surface area contributed by atoms with E-state index in [1.807, 2.05) is 19.1 Å². The summed E-state index contributed by atoms with van der Waals surface area (Å²) in [6.07, 6.45) is 49.9. The van der Waals surface area contributed by atoms with Crippen LogP contribution in [0.5, 0.6) is 0 Å². The van der Waals surface area contributed by atoms with Gasteiger partial charge in [0.05, 0.1) is 19.3 Å². The molecule has 0 bridgehead atoms. The van der Waals surface area contributed by atoms with Crippen LogP contribution < -0.4 is 5.73 Å². The number of carboxylic acid groups (broad SMARTS) is 1. The number of carbonyl (C=O) groups is 3. The summed E-state index contributed by atoms with van der Waals surface area (Å²) in [5.74, 6) is -2.53. The molecule has 0 aromatic carbocycles. The van der Waals surface area contributed by atoms with E-state index < -0.39 is 57.7 Å². The molecule has 1 unspecified atom stereocenters. The highest BCUT2D eigenvalue weighted by Crippen LogP contribution is 2.43. The number of carbonyl (C=O) groups excluding carboxylic acids is 2. The summed E-state index contributed by atoms with van der Waals surface area (Å²) < 4.78 is 32.6. The third kappa shape index (κ3) is 41.5. The number of aliphatic carboxylic acids is 1. The van der Waals surface area contributed by atoms with Crippen molar-refractivity contribution in [3.05, 3.63) is 97.2 Å². The van der Waals surface area contributed by atoms with Crippen molar-refractivity contribution in [2.45, 2.75) is 167 Å². The number of unbranched alkanes of at least 4 members (excludes halogenated alkanes) is 7. The Balaban J connectivity index is 4.54. The number of aliphatic hydroxyl groups excluding tert-OH is 1. The molecule has 0 aromatic heterocycles. The Morgan fingerprint density at radius 1 is 0.574 bits per heavy atom. The minimum atomic E-state index is -4.75. The van der Waals surface area contributed by atoms with E-state index >= 15 is 0 Å². The maximum atomic E-state index is 12.6. The van der Waals surface area contributed by atoms with Crippen LogP contribution in [0.1, 0.15) is 149 Å². The average Bonchev–Trinajstić information content (AvgIpc) is 3.24. The highest BCUT2D eigenvalue weighted by atomic mass is 31.2. The molecule has 61 heavy (non-hydrogen) atoms. The van der Waals surface area contributed by atoms with Gasteiger partial charge in [0.25, 0.3) is 0 Å². The monoisotopic (exact) mass is 876 g/mol. The first-order chi connectivity index (χ1) is 29.5. The third-order valence-electron chi connectivity index (χ3n) is 8.97. The van der Waals surface area contributed by atoms with Crippen LogP contribution in [0.3, 0.4) is 0 Å². The number of ether oxygens (including phenoxy) is 2. The van der Waals surface area contributed by atoms with Crippen LogP contribution in [-0.4, -0.2) is 71.1 Å². The molecular formula is C48H78NO11P. The zero-order valence-electron chi connectivity index (χ0n) is 37.1. The molecule has 0 saturated heterocycles. The van der Waals surface area contributed by atoms with E-state index in [2.05, 4.69) is 96.5 Å². The zero-order valence-corrected chi connectivity index (χ0v) is 38.0. The van der Waals surface area contributed by atoms with E-state index in [0.29, 0.717) is 19.3 Å². The van der Waals surface area contributed by atoms with E-state index in [1.165, 1.54) is 19.3 Å². The van der Waals surface area contributed by atoms with Crippen LogP contribution in [0.15, 0.2) is 97.2 Å². The van der Waals surface area contributed by atoms with Gasteiger partial charge >= 0.3 is 25.7 Å². The zero-order chi connectivity index (χ0) is 45.1. The van der Waals surface area contributed by atoms with E-state index in [9.17, 15) is 28.9 Å². The van der Waals surface area contributed by atoms with Gasteiger partial charge in [-0.1, -0.05) is 130 Å². The molecule has 0 heterocycles. The van der Waals surface area contributed by atoms with Crippen molar-refractivity contribution in [3.63, 3.8) is 0 Å². The van der Waals surface area contributed by atoms with Gasteiger partial charge in [-0.2, -0.15) is 0 Å². The van der Waals surface area contributed by atoms with E-state index in [0.717, 1.165) is 83.5 Å². The molecular weight excluding hydrogens is 797 g/mol. The fourth-order valence-electron chi connectivity index (χ4n) is 5.25. The number of aliphatic hydroxyl groups is 1. The number of hydrogen-bond acceptors (Lipinski definition) is 10. The second-order valence-electron chi connectivity index (χ2n) is 14.6. The quantitative estimate of drug-likeness (QED) is 0.0197. The van der Waals surface area contributed by atoms with Gasteiger partial charge in [0.2, 0.25) is 0 Å². The smallest absolute Gasteiger partial charge is 0.472 e. The van der Waals surface area contributed by atoms with Crippen molar-refractivity contribution in [1.82, 2.24) is 0 Å². The van der Waals surface area contributed by atoms with Crippen LogP contribution in [-0.2, 0) is 37.5 Å². The SMILES string of the molecule is CCCCC/C=C\C/C=C\C/C=C\C/C=C\CCCCCC(=O)O[C@H](COC(=O)CCC/C=C\C/C=C\C/C=C\C/C=C\CC[C@@H](O)CC)COP(=O)(O)OC[C@H](N)C(=O)O. The molecule has 0 aromatic rings. The lowest BCUT2D eigenvalue weighted by Crippen LogP contribution is -2.34. The first-order valence-electron chi connectivity index (χ1n) is 22.3. The van der Waals surface area contributed by atoms with Crippen molar-refractivity contribution in [2.75, 3.05) is 19.8 Å². The molecule has 0 radical (unpaired) electrons. The Bertz CT molecular complexity index is 1420. The van der Waals surface area contributed by atoms with E-state index in [4.69, 9.17) is 24.8 Å². The van der Waals surface area contributed by atoms with Crippen LogP contribution in [0, 0.1) is 0 Å². The Hall–Kier alpha value is -3.64. The Labute approximate surface area is 367 Å². The van der Waals surface area contributed by atoms with Gasteiger partial charge in [0.15, 0.2) is 6.10 Å². The van der Waals surface area contributed by atoms with Gasteiger partial charge in [-0.05, 0) is 103 Å². The molecule has 5 N–H and O–H groups in total. The van der Waals surface area contributed by atoms with Crippen LogP contribution in [0.4, 0.5) is 0 Å². The largest absolute Gasteiger partial charge is 0.480 e. The lowest BCUT2D eigenvalue weighted by Gasteiger charge is -2.20. The van der Waals surface area contributed by atoms with Crippen LogP contribution in [0.2, 0.25) is 0 Å². The highest BCUT2D eigenvalue weighted by molar-refractivity contribution is 7.47. The number of allylic oxidation sites excluding steroid dienone is 16. The average molecular weight is 876 g/mol. The molecule has 346 valence electrons. The number of phosphoric ester groups is 1. The summed E-state index contributed by atoms with van der Waals surface area (Å²) >= 11 is 0. The van der Waals surface area contributed by atoms with E-state index in [-0.39, 0.29) is 18.9 Å². The first kappa shape index (κ1) is 57.4. The van der Waals surface area contributed by atoms with Crippen molar-refractivity contribution in [2.24, 2.45) is 5.73 Å². The Morgan fingerprint density at radius 2 is 1.02 bits per heavy atom. The third-order valence-corrected chi connectivity index (χ3v) is 9.92. The van der Waals surface area contributed by atoms with Gasteiger partial charge < -0.3 is 30.3 Å².